The molecule has 1 atom stereocenters. The molecule has 6 heteroatoms. The van der Waals surface area contributed by atoms with Gasteiger partial charge >= 0.3 is 0 Å². The van der Waals surface area contributed by atoms with Gasteiger partial charge in [-0.1, -0.05) is 31.2 Å². The zero-order valence-corrected chi connectivity index (χ0v) is 14.9. The Labute approximate surface area is 152 Å². The molecule has 2 N–H and O–H groups in total. The van der Waals surface area contributed by atoms with Gasteiger partial charge in [0.05, 0.1) is 5.69 Å². The summed E-state index contributed by atoms with van der Waals surface area (Å²) in [5.74, 6) is 0.331. The summed E-state index contributed by atoms with van der Waals surface area (Å²) in [5, 5.41) is 14.3. The summed E-state index contributed by atoms with van der Waals surface area (Å²) in [6.07, 6.45) is 4.84. The van der Waals surface area contributed by atoms with Gasteiger partial charge in [-0.15, -0.1) is 0 Å². The van der Waals surface area contributed by atoms with E-state index in [0.29, 0.717) is 18.2 Å². The fourth-order valence-corrected chi connectivity index (χ4v) is 3.57. The number of aromatic amines is 2. The molecule has 2 aromatic heterocycles. The van der Waals surface area contributed by atoms with E-state index in [1.807, 2.05) is 17.0 Å². The molecule has 0 bridgehead atoms. The third-order valence-corrected chi connectivity index (χ3v) is 5.14. The number of aryl methyl sites for hydroxylation is 1. The van der Waals surface area contributed by atoms with Crippen LogP contribution in [0.15, 0.2) is 42.6 Å². The van der Waals surface area contributed by atoms with Crippen LogP contribution in [0.4, 0.5) is 0 Å². The maximum atomic E-state index is 12.9. The van der Waals surface area contributed by atoms with Crippen LogP contribution in [0.1, 0.15) is 47.4 Å². The number of nitrogens with one attached hydrogen (secondary N) is 2. The predicted octanol–water partition coefficient (Wildman–Crippen LogP) is 3.38. The first-order valence-corrected chi connectivity index (χ1v) is 9.18. The Morgan fingerprint density at radius 2 is 2.08 bits per heavy atom. The summed E-state index contributed by atoms with van der Waals surface area (Å²) in [6.45, 7) is 3.62. The first kappa shape index (κ1) is 16.6. The molecule has 0 radical (unpaired) electrons. The second-order valence-electron chi connectivity index (χ2n) is 6.82. The molecule has 1 saturated heterocycles. The van der Waals surface area contributed by atoms with Crippen molar-refractivity contribution < 1.29 is 4.79 Å². The number of rotatable bonds is 4. The minimum Gasteiger partial charge on any atom is -0.337 e. The number of likely N-dealkylation sites (tertiary alicyclic amines) is 1. The molecule has 0 unspecified atom stereocenters. The van der Waals surface area contributed by atoms with Crippen LogP contribution >= 0.6 is 0 Å². The molecule has 0 spiro atoms. The number of H-pyrrole nitrogens is 2. The highest BCUT2D eigenvalue weighted by Crippen LogP contribution is 2.26. The molecule has 1 amide bonds. The number of piperidine rings is 1. The van der Waals surface area contributed by atoms with Gasteiger partial charge in [0.15, 0.2) is 0 Å². The topological polar surface area (TPSA) is 77.7 Å². The van der Waals surface area contributed by atoms with Crippen molar-refractivity contribution in [3.63, 3.8) is 0 Å². The number of aromatic nitrogens is 4. The zero-order chi connectivity index (χ0) is 17.9. The Morgan fingerprint density at radius 1 is 1.23 bits per heavy atom. The fraction of sp³-hybridized carbons (Fsp3) is 0.350. The summed E-state index contributed by atoms with van der Waals surface area (Å²) in [5.41, 5.74) is 4.76. The van der Waals surface area contributed by atoms with E-state index in [2.05, 4.69) is 51.6 Å². The van der Waals surface area contributed by atoms with E-state index in [1.54, 1.807) is 6.20 Å². The van der Waals surface area contributed by atoms with Crippen LogP contribution in [0.5, 0.6) is 0 Å². The fourth-order valence-electron chi connectivity index (χ4n) is 3.57. The van der Waals surface area contributed by atoms with Gasteiger partial charge in [0.25, 0.3) is 5.91 Å². The molecule has 0 saturated carbocycles. The van der Waals surface area contributed by atoms with Gasteiger partial charge in [-0.3, -0.25) is 15.0 Å². The van der Waals surface area contributed by atoms with E-state index in [1.165, 1.54) is 5.56 Å². The Hall–Kier alpha value is -2.89. The number of benzene rings is 1. The second kappa shape index (κ2) is 7.15. The third-order valence-electron chi connectivity index (χ3n) is 5.14. The number of hydrogen-bond acceptors (Lipinski definition) is 3. The molecule has 6 nitrogen and oxygen atoms in total. The Bertz CT molecular complexity index is 866. The molecular weight excluding hydrogens is 326 g/mol. The van der Waals surface area contributed by atoms with Crippen molar-refractivity contribution >= 4 is 5.91 Å². The van der Waals surface area contributed by atoms with E-state index in [9.17, 15) is 4.79 Å². The third kappa shape index (κ3) is 3.27. The lowest BCUT2D eigenvalue weighted by atomic mass is 9.94. The van der Waals surface area contributed by atoms with Crippen LogP contribution in [0, 0.1) is 0 Å². The van der Waals surface area contributed by atoms with Gasteiger partial charge in [0, 0.05) is 36.5 Å². The van der Waals surface area contributed by atoms with Crippen LogP contribution in [-0.2, 0) is 6.42 Å². The summed E-state index contributed by atoms with van der Waals surface area (Å²) in [7, 11) is 0. The van der Waals surface area contributed by atoms with E-state index in [0.717, 1.165) is 42.8 Å². The average Bonchev–Trinajstić information content (AvgIpc) is 3.40. The molecular formula is C20H23N5O. The molecule has 26 heavy (non-hydrogen) atoms. The van der Waals surface area contributed by atoms with Crippen molar-refractivity contribution in [1.29, 1.82) is 0 Å². The number of carbonyl (C=O) groups excluding carboxylic acids is 1. The lowest BCUT2D eigenvalue weighted by molar-refractivity contribution is 0.0700. The predicted molar refractivity (Wildman–Crippen MR) is 99.9 cm³/mol. The quantitative estimate of drug-likeness (QED) is 0.758. The number of nitrogens with zero attached hydrogens (tertiary/aromatic N) is 3. The van der Waals surface area contributed by atoms with Crippen LogP contribution in [0.25, 0.3) is 11.3 Å². The highest BCUT2D eigenvalue weighted by Gasteiger charge is 2.27. The van der Waals surface area contributed by atoms with Crippen molar-refractivity contribution in [2.75, 3.05) is 13.1 Å². The minimum atomic E-state index is 0.0122. The molecule has 134 valence electrons. The zero-order valence-electron chi connectivity index (χ0n) is 14.9. The summed E-state index contributed by atoms with van der Waals surface area (Å²) >= 11 is 0. The Balaban J connectivity index is 1.48. The smallest absolute Gasteiger partial charge is 0.271 e. The first-order valence-electron chi connectivity index (χ1n) is 9.18. The maximum Gasteiger partial charge on any atom is 0.271 e. The Kier molecular flexibility index (Phi) is 4.56. The monoisotopic (exact) mass is 349 g/mol. The van der Waals surface area contributed by atoms with Crippen LogP contribution in [0.3, 0.4) is 0 Å². The molecule has 0 aliphatic carbocycles. The summed E-state index contributed by atoms with van der Waals surface area (Å²) in [4.78, 5) is 14.8. The van der Waals surface area contributed by atoms with Crippen molar-refractivity contribution in [1.82, 2.24) is 25.3 Å². The Morgan fingerprint density at radius 3 is 2.81 bits per heavy atom. The van der Waals surface area contributed by atoms with Crippen molar-refractivity contribution in [3.05, 3.63) is 59.5 Å². The highest BCUT2D eigenvalue weighted by atomic mass is 16.2. The standard InChI is InChI=1S/C20H23N5O/c1-2-14-5-7-15(8-6-14)18-12-19(24-23-18)20(26)25-11-3-4-16(13-25)17-9-10-21-22-17/h5-10,12,16H,2-4,11,13H2,1H3,(H,21,22)(H,23,24)/t16-/m0/s1. The van der Waals surface area contributed by atoms with Gasteiger partial charge < -0.3 is 4.90 Å². The van der Waals surface area contributed by atoms with Crippen LogP contribution in [0.2, 0.25) is 0 Å². The van der Waals surface area contributed by atoms with Gasteiger partial charge in [0.2, 0.25) is 0 Å². The van der Waals surface area contributed by atoms with Crippen molar-refractivity contribution in [2.24, 2.45) is 0 Å². The van der Waals surface area contributed by atoms with E-state index < -0.39 is 0 Å². The van der Waals surface area contributed by atoms with Crippen LogP contribution < -0.4 is 0 Å². The van der Waals surface area contributed by atoms with Crippen molar-refractivity contribution in [3.8, 4) is 11.3 Å². The molecule has 3 heterocycles. The van der Waals surface area contributed by atoms with Gasteiger partial charge in [-0.2, -0.15) is 10.2 Å². The molecule has 1 aliphatic heterocycles. The van der Waals surface area contributed by atoms with Gasteiger partial charge in [0.1, 0.15) is 5.69 Å². The van der Waals surface area contributed by atoms with Gasteiger partial charge in [-0.05, 0) is 37.0 Å². The van der Waals surface area contributed by atoms with E-state index in [-0.39, 0.29) is 5.91 Å². The second-order valence-corrected chi connectivity index (χ2v) is 6.82. The van der Waals surface area contributed by atoms with E-state index in [4.69, 9.17) is 0 Å². The molecule has 3 aromatic rings. The number of hydrogen-bond donors (Lipinski definition) is 2. The normalized spacial score (nSPS) is 17.4. The average molecular weight is 349 g/mol. The summed E-state index contributed by atoms with van der Waals surface area (Å²) in [6, 6.07) is 12.2. The summed E-state index contributed by atoms with van der Waals surface area (Å²) < 4.78 is 0. The molecule has 4 rings (SSSR count). The lowest BCUT2D eigenvalue weighted by Crippen LogP contribution is -2.39. The SMILES string of the molecule is CCc1ccc(-c2cc(C(=O)N3CCC[C@H](c4ccn[nH]4)C3)[nH]n2)cc1. The largest absolute Gasteiger partial charge is 0.337 e. The molecule has 1 aromatic carbocycles. The number of amides is 1. The number of carbonyl (C=O) groups is 1. The van der Waals surface area contributed by atoms with Gasteiger partial charge in [-0.25, -0.2) is 0 Å². The molecule has 1 aliphatic rings. The molecule has 1 fully saturated rings. The van der Waals surface area contributed by atoms with Crippen LogP contribution in [-0.4, -0.2) is 44.3 Å². The highest BCUT2D eigenvalue weighted by molar-refractivity contribution is 5.93. The lowest BCUT2D eigenvalue weighted by Gasteiger charge is -2.31. The minimum absolute atomic E-state index is 0.0122. The maximum absolute atomic E-state index is 12.9. The van der Waals surface area contributed by atoms with Crippen molar-refractivity contribution in [2.45, 2.75) is 32.1 Å². The first-order chi connectivity index (χ1) is 12.7. The van der Waals surface area contributed by atoms with E-state index >= 15 is 0 Å².